The predicted octanol–water partition coefficient (Wildman–Crippen LogP) is 4.05. The van der Waals surface area contributed by atoms with Crippen molar-refractivity contribution in [3.05, 3.63) is 74.4 Å². The largest absolute Gasteiger partial charge is 0.490 e. The molecule has 2 aliphatic rings. The summed E-state index contributed by atoms with van der Waals surface area (Å²) >= 11 is 3.44. The zero-order valence-corrected chi connectivity index (χ0v) is 20.3. The highest BCUT2D eigenvalue weighted by Crippen LogP contribution is 2.49. The lowest BCUT2D eigenvalue weighted by molar-refractivity contribution is -0.139. The Hall–Kier alpha value is -3.59. The van der Waals surface area contributed by atoms with E-state index >= 15 is 0 Å². The number of dihydropyridines is 1. The molecular formula is C25H22BrNO7. The average Bonchev–Trinajstić information content (AvgIpc) is 3.08. The average molecular weight is 528 g/mol. The minimum atomic E-state index is -1.13. The van der Waals surface area contributed by atoms with E-state index in [1.165, 1.54) is 7.11 Å². The molecule has 2 N–H and O–H groups in total. The highest BCUT2D eigenvalue weighted by atomic mass is 79.9. The molecule has 4 rings (SSSR count). The number of hydrogen-bond donors (Lipinski definition) is 2. The van der Waals surface area contributed by atoms with Crippen LogP contribution in [0.25, 0.3) is 5.70 Å². The lowest BCUT2D eigenvalue weighted by atomic mass is 9.79. The van der Waals surface area contributed by atoms with Gasteiger partial charge in [-0.1, -0.05) is 24.3 Å². The molecule has 0 radical (unpaired) electrons. The van der Waals surface area contributed by atoms with Gasteiger partial charge in [-0.2, -0.15) is 0 Å². The Morgan fingerprint density at radius 2 is 1.85 bits per heavy atom. The number of ether oxygens (including phenoxy) is 3. The van der Waals surface area contributed by atoms with Crippen LogP contribution in [0, 0.1) is 0 Å². The van der Waals surface area contributed by atoms with E-state index in [1.807, 2.05) is 12.1 Å². The van der Waals surface area contributed by atoms with E-state index in [0.717, 1.165) is 5.56 Å². The van der Waals surface area contributed by atoms with Crippen LogP contribution in [-0.2, 0) is 14.3 Å². The van der Waals surface area contributed by atoms with Crippen LogP contribution in [0.5, 0.6) is 11.5 Å². The zero-order valence-electron chi connectivity index (χ0n) is 18.7. The van der Waals surface area contributed by atoms with Gasteiger partial charge < -0.3 is 24.6 Å². The molecule has 0 saturated carbocycles. The minimum absolute atomic E-state index is 0.183. The van der Waals surface area contributed by atoms with E-state index < -0.39 is 24.5 Å². The number of halogens is 1. The Balaban J connectivity index is 1.92. The van der Waals surface area contributed by atoms with E-state index in [0.29, 0.717) is 50.5 Å². The van der Waals surface area contributed by atoms with E-state index in [1.54, 1.807) is 38.1 Å². The Morgan fingerprint density at radius 3 is 2.50 bits per heavy atom. The maximum atomic E-state index is 13.5. The number of allylic oxidation sites excluding steroid dienone is 2. The van der Waals surface area contributed by atoms with E-state index in [4.69, 9.17) is 19.3 Å². The summed E-state index contributed by atoms with van der Waals surface area (Å²) in [5, 5.41) is 12.3. The number of methoxy groups -OCH3 is 1. The Morgan fingerprint density at radius 1 is 1.15 bits per heavy atom. The van der Waals surface area contributed by atoms with Gasteiger partial charge in [-0.3, -0.25) is 4.79 Å². The van der Waals surface area contributed by atoms with Crippen molar-refractivity contribution in [3.63, 3.8) is 0 Å². The van der Waals surface area contributed by atoms with Crippen molar-refractivity contribution < 1.29 is 33.7 Å². The normalized spacial score (nSPS) is 16.6. The molecule has 1 aliphatic heterocycles. The van der Waals surface area contributed by atoms with Crippen LogP contribution in [0.2, 0.25) is 0 Å². The fourth-order valence-electron chi connectivity index (χ4n) is 4.33. The number of hydrogen-bond acceptors (Lipinski definition) is 7. The summed E-state index contributed by atoms with van der Waals surface area (Å²) in [7, 11) is 1.29. The number of esters is 1. The number of rotatable bonds is 7. The molecule has 2 aromatic carbocycles. The monoisotopic (exact) mass is 527 g/mol. The first-order chi connectivity index (χ1) is 16.3. The van der Waals surface area contributed by atoms with Gasteiger partial charge in [0.25, 0.3) is 0 Å². The highest BCUT2D eigenvalue weighted by molar-refractivity contribution is 9.10. The van der Waals surface area contributed by atoms with Gasteiger partial charge in [-0.05, 0) is 47.5 Å². The van der Waals surface area contributed by atoms with Gasteiger partial charge in [-0.15, -0.1) is 0 Å². The first-order valence-corrected chi connectivity index (χ1v) is 11.3. The summed E-state index contributed by atoms with van der Waals surface area (Å²) in [6, 6.07) is 10.6. The molecule has 176 valence electrons. The number of fused-ring (bicyclic) bond motifs is 2. The summed E-state index contributed by atoms with van der Waals surface area (Å²) in [6.45, 7) is 3.29. The fraction of sp³-hybridized carbons (Fsp3) is 0.240. The van der Waals surface area contributed by atoms with Gasteiger partial charge in [0.2, 0.25) is 0 Å². The summed E-state index contributed by atoms with van der Waals surface area (Å²) < 4.78 is 16.7. The van der Waals surface area contributed by atoms with Crippen LogP contribution in [0.1, 0.15) is 41.3 Å². The Kier molecular flexibility index (Phi) is 6.47. The molecule has 2 aromatic rings. The van der Waals surface area contributed by atoms with Gasteiger partial charge in [0.1, 0.15) is 0 Å². The van der Waals surface area contributed by atoms with Crippen molar-refractivity contribution >= 4 is 39.3 Å². The second kappa shape index (κ2) is 9.34. The summed E-state index contributed by atoms with van der Waals surface area (Å²) in [4.78, 5) is 37.4. The third kappa shape index (κ3) is 3.96. The molecule has 1 heterocycles. The van der Waals surface area contributed by atoms with Gasteiger partial charge in [0.15, 0.2) is 23.9 Å². The lowest BCUT2D eigenvalue weighted by Crippen LogP contribution is -2.29. The SMILES string of the molecule is CCOc1cc([C@@H]2C(C(=O)OC)=C(C)NC3=C2C(=O)c2ccccc23)cc(Br)c1OCC(=O)O. The van der Waals surface area contributed by atoms with Crippen molar-refractivity contribution in [1.29, 1.82) is 0 Å². The van der Waals surface area contributed by atoms with Crippen LogP contribution in [0.15, 0.2) is 57.7 Å². The van der Waals surface area contributed by atoms with Gasteiger partial charge in [0.05, 0.1) is 29.5 Å². The molecule has 1 atom stereocenters. The molecule has 0 unspecified atom stereocenters. The molecule has 0 saturated heterocycles. The second-order valence-electron chi connectivity index (χ2n) is 7.70. The van der Waals surface area contributed by atoms with Crippen LogP contribution in [0.3, 0.4) is 0 Å². The third-order valence-electron chi connectivity index (χ3n) is 5.66. The maximum absolute atomic E-state index is 13.5. The van der Waals surface area contributed by atoms with Crippen molar-refractivity contribution in [1.82, 2.24) is 5.32 Å². The Labute approximate surface area is 204 Å². The molecular weight excluding hydrogens is 506 g/mol. The standard InChI is InChI=1S/C25H22BrNO7/c1-4-33-17-10-13(9-16(26)24(17)34-11-18(28)29)20-19(25(31)32-3)12(2)27-22-14-7-5-6-8-15(14)23(30)21(20)22/h5-10,20,27H,4,11H2,1-3H3,(H,28,29)/t20-/m1/s1. The molecule has 1 aliphatic carbocycles. The number of ketones is 1. The number of aliphatic carboxylic acids is 1. The smallest absolute Gasteiger partial charge is 0.341 e. The maximum Gasteiger partial charge on any atom is 0.341 e. The van der Waals surface area contributed by atoms with Crippen LogP contribution < -0.4 is 14.8 Å². The van der Waals surface area contributed by atoms with Gasteiger partial charge >= 0.3 is 11.9 Å². The number of Topliss-reactive ketones (excluding diaryl/α,β-unsaturated/α-hetero) is 1. The number of carboxylic acids is 1. The van der Waals surface area contributed by atoms with Crippen molar-refractivity contribution in [2.24, 2.45) is 0 Å². The number of benzene rings is 2. The third-order valence-corrected chi connectivity index (χ3v) is 6.25. The highest BCUT2D eigenvalue weighted by Gasteiger charge is 2.43. The quantitative estimate of drug-likeness (QED) is 0.518. The molecule has 9 heteroatoms. The molecule has 34 heavy (non-hydrogen) atoms. The molecule has 0 aromatic heterocycles. The molecule has 8 nitrogen and oxygen atoms in total. The number of nitrogens with one attached hydrogen (secondary N) is 1. The molecule has 0 fully saturated rings. The van der Waals surface area contributed by atoms with E-state index in [-0.39, 0.29) is 11.5 Å². The topological polar surface area (TPSA) is 111 Å². The summed E-state index contributed by atoms with van der Waals surface area (Å²) in [6.07, 6.45) is 0. The van der Waals surface area contributed by atoms with Crippen molar-refractivity contribution in [2.75, 3.05) is 20.3 Å². The lowest BCUT2D eigenvalue weighted by Gasteiger charge is -2.29. The zero-order chi connectivity index (χ0) is 24.6. The van der Waals surface area contributed by atoms with Crippen LogP contribution in [0.4, 0.5) is 0 Å². The van der Waals surface area contributed by atoms with Gasteiger partial charge in [-0.25, -0.2) is 9.59 Å². The molecule has 0 bridgehead atoms. The number of carboxylic acid groups (broad SMARTS) is 1. The van der Waals surface area contributed by atoms with Crippen molar-refractivity contribution in [2.45, 2.75) is 19.8 Å². The van der Waals surface area contributed by atoms with Gasteiger partial charge in [0, 0.05) is 28.3 Å². The summed E-state index contributed by atoms with van der Waals surface area (Å²) in [5.41, 5.74) is 3.86. The first kappa shape index (κ1) is 23.6. The van der Waals surface area contributed by atoms with Crippen LogP contribution >= 0.6 is 15.9 Å². The minimum Gasteiger partial charge on any atom is -0.490 e. The first-order valence-electron chi connectivity index (χ1n) is 10.5. The number of carbonyl (C=O) groups excluding carboxylic acids is 2. The van der Waals surface area contributed by atoms with E-state index in [9.17, 15) is 14.4 Å². The van der Waals surface area contributed by atoms with Crippen molar-refractivity contribution in [3.8, 4) is 11.5 Å². The molecule has 0 amide bonds. The second-order valence-corrected chi connectivity index (χ2v) is 8.55. The van der Waals surface area contributed by atoms with E-state index in [2.05, 4.69) is 21.2 Å². The molecule has 0 spiro atoms. The predicted molar refractivity (Wildman–Crippen MR) is 127 cm³/mol. The van der Waals surface area contributed by atoms with Crippen LogP contribution in [-0.4, -0.2) is 43.2 Å². The number of carbonyl (C=O) groups is 3. The fourth-order valence-corrected chi connectivity index (χ4v) is 4.91. The summed E-state index contributed by atoms with van der Waals surface area (Å²) in [5.74, 6) is -2.11. The Bertz CT molecular complexity index is 1280.